The van der Waals surface area contributed by atoms with Gasteiger partial charge in [0.15, 0.2) is 0 Å². The molecule has 9 nitrogen and oxygen atoms in total. The van der Waals surface area contributed by atoms with Crippen LogP contribution in [0.2, 0.25) is 0 Å². The molecule has 0 aliphatic carbocycles. The number of carboxylic acid groups (broad SMARTS) is 1. The van der Waals surface area contributed by atoms with Gasteiger partial charge in [0.05, 0.1) is 11.2 Å². The summed E-state index contributed by atoms with van der Waals surface area (Å²) in [6, 6.07) is 8.09. The lowest BCUT2D eigenvalue weighted by Crippen LogP contribution is -2.44. The fourth-order valence-electron chi connectivity index (χ4n) is 3.59. The summed E-state index contributed by atoms with van der Waals surface area (Å²) in [5.41, 5.74) is -0.0519. The fourth-order valence-corrected chi connectivity index (χ4v) is 3.59. The van der Waals surface area contributed by atoms with Crippen molar-refractivity contribution < 1.29 is 35.1 Å². The number of nitrogens with zero attached hydrogens (tertiary/aromatic N) is 3. The highest BCUT2D eigenvalue weighted by Gasteiger charge is 2.22. The summed E-state index contributed by atoms with van der Waals surface area (Å²) in [5.74, 6) is -2.43. The highest BCUT2D eigenvalue weighted by atomic mass is 35.5. The van der Waals surface area contributed by atoms with E-state index in [0.717, 1.165) is 19.2 Å². The summed E-state index contributed by atoms with van der Waals surface area (Å²) in [6.07, 6.45) is 1.20. The van der Waals surface area contributed by atoms with Gasteiger partial charge in [-0.1, -0.05) is 0 Å². The maximum atomic E-state index is 14.9. The first-order valence-electron chi connectivity index (χ1n) is 9.17. The van der Waals surface area contributed by atoms with Crippen LogP contribution in [0, 0.1) is 11.6 Å². The third kappa shape index (κ3) is 5.64. The van der Waals surface area contributed by atoms with Gasteiger partial charge in [0.25, 0.3) is 0 Å². The highest BCUT2D eigenvalue weighted by molar-refractivity contribution is 5.94. The first-order chi connectivity index (χ1) is 13.8. The molecule has 1 fully saturated rings. The molecule has 0 atom stereocenters. The molecule has 7 N–H and O–H groups in total. The monoisotopic (exact) mass is 489 g/mol. The second-order valence-electron chi connectivity index (χ2n) is 7.13. The van der Waals surface area contributed by atoms with Gasteiger partial charge in [-0.2, -0.15) is 0 Å². The first kappa shape index (κ1) is 29.9. The number of rotatable bonds is 3. The van der Waals surface area contributed by atoms with E-state index in [0.29, 0.717) is 30.0 Å². The normalized spacial score (nSPS) is 13.2. The van der Waals surface area contributed by atoms with Crippen LogP contribution < -0.4 is 10.3 Å². The SMILES string of the molecule is CN1CCN(c2cc3c(cc2F)c(=O)c(C(=O)O)cn3-c2ccc(F)cc2)CC1.Cl.O.O.O. The van der Waals surface area contributed by atoms with Gasteiger partial charge >= 0.3 is 5.97 Å². The number of pyridine rings is 1. The van der Waals surface area contributed by atoms with Gasteiger partial charge in [0, 0.05) is 43.4 Å². The molecule has 1 aliphatic rings. The van der Waals surface area contributed by atoms with E-state index < -0.39 is 28.6 Å². The molecule has 12 heteroatoms. The van der Waals surface area contributed by atoms with E-state index in [1.165, 1.54) is 35.0 Å². The number of carbonyl (C=O) groups is 1. The molecule has 2 heterocycles. The van der Waals surface area contributed by atoms with E-state index in [4.69, 9.17) is 0 Å². The van der Waals surface area contributed by atoms with E-state index in [2.05, 4.69) is 4.90 Å². The van der Waals surface area contributed by atoms with Crippen LogP contribution in [-0.2, 0) is 0 Å². The lowest BCUT2D eigenvalue weighted by molar-refractivity contribution is 0.0695. The highest BCUT2D eigenvalue weighted by Crippen LogP contribution is 2.28. The number of likely N-dealkylation sites (N-methyl/N-ethyl adjacent to an activating group) is 1. The minimum atomic E-state index is -1.41. The minimum Gasteiger partial charge on any atom is -0.477 e. The zero-order valence-electron chi connectivity index (χ0n) is 17.6. The zero-order valence-corrected chi connectivity index (χ0v) is 18.5. The standard InChI is InChI=1S/C21H19F2N3O3.ClH.3H2O/c1-24-6-8-25(9-7-24)19-11-18-15(10-17(19)23)20(27)16(21(28)29)12-26(18)14-4-2-13(22)3-5-14;;;;/h2-5,10-12H,6-9H2,1H3,(H,28,29);1H;3*1H2. The average Bonchev–Trinajstić information content (AvgIpc) is 2.70. The number of hydrogen-bond acceptors (Lipinski definition) is 4. The zero-order chi connectivity index (χ0) is 20.7. The molecule has 0 saturated carbocycles. The second-order valence-corrected chi connectivity index (χ2v) is 7.13. The molecule has 1 aromatic heterocycles. The molecule has 0 bridgehead atoms. The summed E-state index contributed by atoms with van der Waals surface area (Å²) in [6.45, 7) is 2.82. The van der Waals surface area contributed by atoms with Crippen LogP contribution in [0.3, 0.4) is 0 Å². The number of carboxylic acids is 1. The Kier molecular flexibility index (Phi) is 10.6. The molecule has 182 valence electrons. The van der Waals surface area contributed by atoms with E-state index >= 15 is 0 Å². The molecular weight excluding hydrogens is 464 g/mol. The van der Waals surface area contributed by atoms with Gasteiger partial charge in [-0.15, -0.1) is 12.4 Å². The van der Waals surface area contributed by atoms with Crippen molar-refractivity contribution in [3.63, 3.8) is 0 Å². The quantitative estimate of drug-likeness (QED) is 0.571. The lowest BCUT2D eigenvalue weighted by atomic mass is 10.1. The van der Waals surface area contributed by atoms with Crippen LogP contribution in [0.4, 0.5) is 14.5 Å². The van der Waals surface area contributed by atoms with Crippen LogP contribution >= 0.6 is 12.4 Å². The summed E-state index contributed by atoms with van der Waals surface area (Å²) in [5, 5.41) is 9.38. The van der Waals surface area contributed by atoms with Crippen molar-refractivity contribution in [3.05, 3.63) is 70.0 Å². The molecule has 3 aromatic rings. The summed E-state index contributed by atoms with van der Waals surface area (Å²) >= 11 is 0. The lowest BCUT2D eigenvalue weighted by Gasteiger charge is -2.34. The Hall–Kier alpha value is -3.09. The molecule has 0 radical (unpaired) electrons. The molecule has 0 amide bonds. The largest absolute Gasteiger partial charge is 0.477 e. The Morgan fingerprint density at radius 2 is 1.55 bits per heavy atom. The van der Waals surface area contributed by atoms with Crippen molar-refractivity contribution in [2.24, 2.45) is 0 Å². The van der Waals surface area contributed by atoms with Crippen LogP contribution in [0.5, 0.6) is 0 Å². The molecule has 0 unspecified atom stereocenters. The number of halogens is 3. The number of fused-ring (bicyclic) bond motifs is 1. The number of anilines is 1. The van der Waals surface area contributed by atoms with Crippen LogP contribution in [0.15, 0.2) is 47.4 Å². The topological polar surface area (TPSA) is 160 Å². The molecular formula is C21H26ClF2N3O6. The molecule has 1 saturated heterocycles. The Bertz CT molecular complexity index is 1170. The average molecular weight is 490 g/mol. The summed E-state index contributed by atoms with van der Waals surface area (Å²) in [4.78, 5) is 28.2. The number of benzene rings is 2. The maximum Gasteiger partial charge on any atom is 0.341 e. The smallest absolute Gasteiger partial charge is 0.341 e. The van der Waals surface area contributed by atoms with Gasteiger partial charge in [-0.3, -0.25) is 4.79 Å². The third-order valence-corrected chi connectivity index (χ3v) is 5.25. The van der Waals surface area contributed by atoms with Crippen molar-refractivity contribution in [1.29, 1.82) is 0 Å². The number of hydrogen-bond donors (Lipinski definition) is 1. The van der Waals surface area contributed by atoms with Gasteiger partial charge < -0.3 is 35.9 Å². The fraction of sp³-hybridized carbons (Fsp3) is 0.238. The first-order valence-corrected chi connectivity index (χ1v) is 9.17. The van der Waals surface area contributed by atoms with Crippen molar-refractivity contribution in [2.45, 2.75) is 0 Å². The number of piperazine rings is 1. The van der Waals surface area contributed by atoms with Crippen molar-refractivity contribution in [1.82, 2.24) is 9.47 Å². The van der Waals surface area contributed by atoms with Gasteiger partial charge in [-0.25, -0.2) is 13.6 Å². The summed E-state index contributed by atoms with van der Waals surface area (Å²) < 4.78 is 29.8. The number of aromatic carboxylic acids is 1. The van der Waals surface area contributed by atoms with E-state index in [9.17, 15) is 23.5 Å². The Balaban J connectivity index is 0.00000256. The van der Waals surface area contributed by atoms with E-state index in [-0.39, 0.29) is 34.2 Å². The molecule has 0 spiro atoms. The minimum absolute atomic E-state index is 0. The number of aromatic nitrogens is 1. The van der Waals surface area contributed by atoms with Gasteiger partial charge in [0.2, 0.25) is 5.43 Å². The Labute approximate surface area is 193 Å². The van der Waals surface area contributed by atoms with E-state index in [1.807, 2.05) is 11.9 Å². The Morgan fingerprint density at radius 3 is 2.09 bits per heavy atom. The molecule has 1 aliphatic heterocycles. The third-order valence-electron chi connectivity index (χ3n) is 5.25. The Morgan fingerprint density at radius 1 is 0.970 bits per heavy atom. The molecule has 33 heavy (non-hydrogen) atoms. The van der Waals surface area contributed by atoms with Crippen LogP contribution in [0.25, 0.3) is 16.6 Å². The molecule has 4 rings (SSSR count). The molecule has 2 aromatic carbocycles. The maximum absolute atomic E-state index is 14.9. The predicted molar refractivity (Wildman–Crippen MR) is 124 cm³/mol. The van der Waals surface area contributed by atoms with Crippen LogP contribution in [0.1, 0.15) is 10.4 Å². The second kappa shape index (κ2) is 11.7. The van der Waals surface area contributed by atoms with E-state index in [1.54, 1.807) is 6.07 Å². The summed E-state index contributed by atoms with van der Waals surface area (Å²) in [7, 11) is 1.99. The van der Waals surface area contributed by atoms with Crippen molar-refractivity contribution >= 4 is 35.0 Å². The van der Waals surface area contributed by atoms with Crippen LogP contribution in [-0.4, -0.2) is 70.2 Å². The van der Waals surface area contributed by atoms with Gasteiger partial charge in [-0.05, 0) is 43.4 Å². The van der Waals surface area contributed by atoms with Crippen molar-refractivity contribution in [3.8, 4) is 5.69 Å². The predicted octanol–water partition coefficient (Wildman–Crippen LogP) is 0.667. The van der Waals surface area contributed by atoms with Gasteiger partial charge in [0.1, 0.15) is 17.2 Å². The van der Waals surface area contributed by atoms with Crippen molar-refractivity contribution in [2.75, 3.05) is 38.1 Å².